The Balaban J connectivity index is 4.46. The summed E-state index contributed by atoms with van der Waals surface area (Å²) in [4.78, 5) is 11.4. The summed E-state index contributed by atoms with van der Waals surface area (Å²) in [7, 11) is 5.20. The molecule has 0 aliphatic rings. The monoisotopic (exact) mass is 200 g/mol. The minimum Gasteiger partial charge on any atom is -0.469 e. The van der Waals surface area contributed by atoms with Crippen LogP contribution in [0.5, 0.6) is 0 Å². The Morgan fingerprint density at radius 1 is 1.50 bits per heavy atom. The molecule has 0 spiro atoms. The average molecular weight is 200 g/mol. The summed E-state index contributed by atoms with van der Waals surface area (Å²) in [5, 5.41) is 3.73. The van der Waals surface area contributed by atoms with Crippen molar-refractivity contribution in [1.29, 1.82) is 0 Å². The van der Waals surface area contributed by atoms with E-state index in [-0.39, 0.29) is 5.97 Å². The fourth-order valence-corrected chi connectivity index (χ4v) is 1.12. The van der Waals surface area contributed by atoms with E-state index in [1.807, 2.05) is 38.0 Å². The van der Waals surface area contributed by atoms with Crippen LogP contribution < -0.4 is 0 Å². The molecule has 0 heterocycles. The van der Waals surface area contributed by atoms with E-state index in [0.717, 1.165) is 0 Å². The lowest BCUT2D eigenvalue weighted by Gasteiger charge is -2.33. The largest absolute Gasteiger partial charge is 0.469 e. The maximum atomic E-state index is 11.4. The molecule has 0 saturated carbocycles. The van der Waals surface area contributed by atoms with Crippen molar-refractivity contribution in [3.8, 4) is 0 Å². The highest BCUT2D eigenvalue weighted by Gasteiger charge is 2.30. The molecule has 0 N–H and O–H groups in total. The predicted molar refractivity (Wildman–Crippen MR) is 56.4 cm³/mol. The fourth-order valence-electron chi connectivity index (χ4n) is 1.12. The SMILES string of the molecule is C=CN(CC(C)(C)C(=O)OC)N(C)C. The van der Waals surface area contributed by atoms with Crippen LogP contribution in [0.15, 0.2) is 12.8 Å². The molecule has 0 aromatic carbocycles. The first-order valence-electron chi connectivity index (χ1n) is 4.50. The molecule has 0 aliphatic carbocycles. The summed E-state index contributed by atoms with van der Waals surface area (Å²) in [6.45, 7) is 7.93. The molecule has 0 amide bonds. The zero-order valence-corrected chi connectivity index (χ0v) is 9.70. The van der Waals surface area contributed by atoms with Crippen LogP contribution in [0.2, 0.25) is 0 Å². The van der Waals surface area contributed by atoms with Crippen molar-refractivity contribution in [2.24, 2.45) is 5.41 Å². The average Bonchev–Trinajstić information content (AvgIpc) is 2.12. The summed E-state index contributed by atoms with van der Waals surface area (Å²) < 4.78 is 4.72. The maximum Gasteiger partial charge on any atom is 0.313 e. The van der Waals surface area contributed by atoms with Gasteiger partial charge in [-0.25, -0.2) is 5.01 Å². The quantitative estimate of drug-likeness (QED) is 0.491. The van der Waals surface area contributed by atoms with Crippen LogP contribution in [0.1, 0.15) is 13.8 Å². The Hall–Kier alpha value is -1.03. The second-order valence-electron chi connectivity index (χ2n) is 4.00. The number of hydrazine groups is 1. The third-order valence-electron chi connectivity index (χ3n) is 2.02. The van der Waals surface area contributed by atoms with Crippen LogP contribution in [0.3, 0.4) is 0 Å². The molecule has 4 heteroatoms. The van der Waals surface area contributed by atoms with Gasteiger partial charge in [-0.05, 0) is 13.8 Å². The maximum absolute atomic E-state index is 11.4. The van der Waals surface area contributed by atoms with Crippen molar-refractivity contribution >= 4 is 5.97 Å². The number of nitrogens with zero attached hydrogens (tertiary/aromatic N) is 2. The summed E-state index contributed by atoms with van der Waals surface area (Å²) in [5.41, 5.74) is -0.535. The highest BCUT2D eigenvalue weighted by atomic mass is 16.5. The predicted octanol–water partition coefficient (Wildman–Crippen LogP) is 1.11. The number of esters is 1. The first-order valence-corrected chi connectivity index (χ1v) is 4.50. The first-order chi connectivity index (χ1) is 6.35. The lowest BCUT2D eigenvalue weighted by molar-refractivity contribution is -0.153. The van der Waals surface area contributed by atoms with Gasteiger partial charge in [0.15, 0.2) is 0 Å². The molecular formula is C10H20N2O2. The molecular weight excluding hydrogens is 180 g/mol. The molecule has 0 fully saturated rings. The van der Waals surface area contributed by atoms with Crippen LogP contribution in [0.4, 0.5) is 0 Å². The zero-order chi connectivity index (χ0) is 11.4. The van der Waals surface area contributed by atoms with Gasteiger partial charge in [-0.2, -0.15) is 0 Å². The number of rotatable bonds is 5. The van der Waals surface area contributed by atoms with E-state index in [4.69, 9.17) is 4.74 Å². The second-order valence-corrected chi connectivity index (χ2v) is 4.00. The van der Waals surface area contributed by atoms with Crippen molar-refractivity contribution in [3.63, 3.8) is 0 Å². The minimum atomic E-state index is -0.535. The highest BCUT2D eigenvalue weighted by Crippen LogP contribution is 2.19. The van der Waals surface area contributed by atoms with Crippen molar-refractivity contribution in [1.82, 2.24) is 10.0 Å². The number of carbonyl (C=O) groups excluding carboxylic acids is 1. The Morgan fingerprint density at radius 2 is 2.00 bits per heavy atom. The Bertz CT molecular complexity index is 212. The third-order valence-corrected chi connectivity index (χ3v) is 2.02. The van der Waals surface area contributed by atoms with Gasteiger partial charge in [0.2, 0.25) is 0 Å². The standard InChI is InChI=1S/C10H20N2O2/c1-7-12(11(4)5)8-10(2,3)9(13)14-6/h7H,1,8H2,2-6H3. The fraction of sp³-hybridized carbons (Fsp3) is 0.700. The molecule has 14 heavy (non-hydrogen) atoms. The molecule has 0 saturated heterocycles. The highest BCUT2D eigenvalue weighted by molar-refractivity contribution is 5.76. The van der Waals surface area contributed by atoms with Gasteiger partial charge < -0.3 is 9.75 Å². The van der Waals surface area contributed by atoms with Crippen LogP contribution in [-0.4, -0.2) is 43.7 Å². The molecule has 0 atom stereocenters. The molecule has 0 radical (unpaired) electrons. The summed E-state index contributed by atoms with van der Waals surface area (Å²) in [5.74, 6) is -0.216. The van der Waals surface area contributed by atoms with Gasteiger partial charge in [-0.1, -0.05) is 6.58 Å². The lowest BCUT2D eigenvalue weighted by Crippen LogP contribution is -2.43. The molecule has 0 unspecified atom stereocenters. The van der Waals surface area contributed by atoms with Crippen molar-refractivity contribution < 1.29 is 9.53 Å². The number of carbonyl (C=O) groups is 1. The van der Waals surface area contributed by atoms with Crippen LogP contribution >= 0.6 is 0 Å². The van der Waals surface area contributed by atoms with Gasteiger partial charge in [0.05, 0.1) is 12.5 Å². The molecule has 0 bridgehead atoms. The van der Waals surface area contributed by atoms with E-state index in [1.54, 1.807) is 6.20 Å². The molecule has 82 valence electrons. The van der Waals surface area contributed by atoms with Crippen molar-refractivity contribution in [2.75, 3.05) is 27.7 Å². The van der Waals surface area contributed by atoms with Crippen molar-refractivity contribution in [2.45, 2.75) is 13.8 Å². The van der Waals surface area contributed by atoms with E-state index in [1.165, 1.54) is 7.11 Å². The smallest absolute Gasteiger partial charge is 0.313 e. The summed E-state index contributed by atoms with van der Waals surface area (Å²) >= 11 is 0. The van der Waals surface area contributed by atoms with E-state index in [0.29, 0.717) is 6.54 Å². The molecule has 0 aliphatic heterocycles. The second kappa shape index (κ2) is 5.00. The van der Waals surface area contributed by atoms with E-state index >= 15 is 0 Å². The van der Waals surface area contributed by atoms with Crippen LogP contribution in [-0.2, 0) is 9.53 Å². The molecule has 0 aromatic rings. The minimum absolute atomic E-state index is 0.216. The lowest BCUT2D eigenvalue weighted by atomic mass is 9.93. The third kappa shape index (κ3) is 3.38. The molecule has 0 aromatic heterocycles. The Kier molecular flexibility index (Phi) is 4.63. The van der Waals surface area contributed by atoms with Gasteiger partial charge in [0, 0.05) is 26.8 Å². The van der Waals surface area contributed by atoms with Gasteiger partial charge in [-0.3, -0.25) is 4.79 Å². The van der Waals surface area contributed by atoms with Crippen LogP contribution in [0.25, 0.3) is 0 Å². The van der Waals surface area contributed by atoms with Gasteiger partial charge >= 0.3 is 5.97 Å². The number of ether oxygens (including phenoxy) is 1. The van der Waals surface area contributed by atoms with E-state index < -0.39 is 5.41 Å². The Labute approximate surface area is 86.1 Å². The van der Waals surface area contributed by atoms with Gasteiger partial charge in [0.1, 0.15) is 0 Å². The number of hydrogen-bond donors (Lipinski definition) is 0. The van der Waals surface area contributed by atoms with Gasteiger partial charge in [-0.15, -0.1) is 0 Å². The first kappa shape index (κ1) is 13.0. The summed E-state index contributed by atoms with van der Waals surface area (Å²) in [6, 6.07) is 0. The van der Waals surface area contributed by atoms with Crippen LogP contribution in [0, 0.1) is 5.41 Å². The molecule has 0 rings (SSSR count). The summed E-state index contributed by atoms with van der Waals surface area (Å²) in [6.07, 6.45) is 1.69. The number of hydrogen-bond acceptors (Lipinski definition) is 4. The van der Waals surface area contributed by atoms with E-state index in [9.17, 15) is 4.79 Å². The zero-order valence-electron chi connectivity index (χ0n) is 9.70. The number of methoxy groups -OCH3 is 1. The van der Waals surface area contributed by atoms with Gasteiger partial charge in [0.25, 0.3) is 0 Å². The topological polar surface area (TPSA) is 32.8 Å². The van der Waals surface area contributed by atoms with Crippen molar-refractivity contribution in [3.05, 3.63) is 12.8 Å². The normalized spacial score (nSPS) is 11.3. The van der Waals surface area contributed by atoms with E-state index in [2.05, 4.69) is 6.58 Å². The molecule has 4 nitrogen and oxygen atoms in total. The Morgan fingerprint density at radius 3 is 2.29 bits per heavy atom.